The third-order valence-corrected chi connectivity index (χ3v) is 3.90. The van der Waals surface area contributed by atoms with Crippen molar-refractivity contribution in [1.29, 1.82) is 0 Å². The second-order valence-corrected chi connectivity index (χ2v) is 8.66. The maximum Gasteiger partial charge on any atom is 0.312 e. The first kappa shape index (κ1) is 56.9. The molecule has 17 nitrogen and oxygen atoms in total. The molecule has 0 amide bonds. The van der Waals surface area contributed by atoms with E-state index in [1.165, 1.54) is 0 Å². The number of hydrogen-bond acceptors (Lipinski definition) is 11. The largest absolute Gasteiger partial charge is 0.481 e. The molecule has 9 N–H and O–H groups in total. The summed E-state index contributed by atoms with van der Waals surface area (Å²) in [4.78, 5) is 66.4. The smallest absolute Gasteiger partial charge is 0.312 e. The molecule has 0 radical (unpaired) electrons. The molecule has 0 atom stereocenters. The van der Waals surface area contributed by atoms with Crippen molar-refractivity contribution >= 4 is 41.8 Å². The molecule has 0 heterocycles. The number of ether oxygens (including phenoxy) is 1. The zero-order valence-corrected chi connectivity index (χ0v) is 27.5. The Morgan fingerprint density at radius 3 is 0.756 bits per heavy atom. The van der Waals surface area contributed by atoms with Gasteiger partial charge in [-0.25, -0.2) is 0 Å². The number of hydrogen-bond donors (Lipinski definition) is 9. The fourth-order valence-electron chi connectivity index (χ4n) is 2.69. The average molecular weight is 665 g/mol. The Morgan fingerprint density at radius 2 is 0.622 bits per heavy atom. The molecule has 0 aromatic heterocycles. The number of aliphatic hydroxyl groups excluding tert-OH is 3. The van der Waals surface area contributed by atoms with Crippen LogP contribution in [0, 0.1) is 5.41 Å². The number of carbonyl (C=O) groups excluding carboxylic acids is 1. The van der Waals surface area contributed by atoms with Crippen molar-refractivity contribution < 1.29 is 84.3 Å². The molecule has 0 rings (SSSR count). The Kier molecular flexibility index (Phi) is 56.4. The highest BCUT2D eigenvalue weighted by Crippen LogP contribution is 2.38. The standard InChI is InChI=1S/C16H32O5.6C2H4O2/c1-2-21-15(20)16(9-3-6-12-17,10-4-7-13-18)11-5-8-14-19;6*1-2(3)4/h17-19H,2-14H2,1H3;6*1H3,(H,3,4). The minimum atomic E-state index is -0.833. The van der Waals surface area contributed by atoms with Crippen LogP contribution in [0.3, 0.4) is 0 Å². The van der Waals surface area contributed by atoms with Crippen LogP contribution >= 0.6 is 0 Å². The molecule has 0 saturated heterocycles. The molecule has 17 heteroatoms. The van der Waals surface area contributed by atoms with Crippen LogP contribution in [0.25, 0.3) is 0 Å². The zero-order valence-electron chi connectivity index (χ0n) is 27.5. The number of aliphatic carboxylic acids is 6. The predicted molar refractivity (Wildman–Crippen MR) is 162 cm³/mol. The lowest BCUT2D eigenvalue weighted by Crippen LogP contribution is -2.33. The summed E-state index contributed by atoms with van der Waals surface area (Å²) in [5.41, 5.74) is -0.532. The molecular weight excluding hydrogens is 608 g/mol. The summed E-state index contributed by atoms with van der Waals surface area (Å²) in [5, 5.41) is 71.4. The van der Waals surface area contributed by atoms with Gasteiger partial charge in [-0.1, -0.05) is 19.3 Å². The molecule has 0 aliphatic heterocycles. The van der Waals surface area contributed by atoms with Crippen molar-refractivity contribution in [2.75, 3.05) is 26.4 Å². The lowest BCUT2D eigenvalue weighted by Gasteiger charge is -2.32. The zero-order chi connectivity index (χ0) is 37.4. The summed E-state index contributed by atoms with van der Waals surface area (Å²) in [6.45, 7) is 9.06. The fraction of sp³-hybridized carbons (Fsp3) is 0.750. The molecule has 0 aliphatic carbocycles. The van der Waals surface area contributed by atoms with Gasteiger partial charge in [-0.15, -0.1) is 0 Å². The third kappa shape index (κ3) is 109. The van der Waals surface area contributed by atoms with E-state index >= 15 is 0 Å². The van der Waals surface area contributed by atoms with Gasteiger partial charge in [-0.05, 0) is 45.4 Å². The quantitative estimate of drug-likeness (QED) is 0.0951. The molecule has 0 aliphatic rings. The van der Waals surface area contributed by atoms with E-state index in [0.717, 1.165) is 60.8 Å². The molecule has 270 valence electrons. The molecule has 0 fully saturated rings. The molecule has 0 aromatic rings. The van der Waals surface area contributed by atoms with Crippen molar-refractivity contribution in [1.82, 2.24) is 0 Å². The van der Waals surface area contributed by atoms with Crippen LogP contribution in [0.2, 0.25) is 0 Å². The number of carboxylic acids is 6. The van der Waals surface area contributed by atoms with E-state index in [1.54, 1.807) is 6.92 Å². The average Bonchev–Trinajstić information content (AvgIpc) is 2.82. The highest BCUT2D eigenvalue weighted by atomic mass is 16.5. The molecule has 45 heavy (non-hydrogen) atoms. The van der Waals surface area contributed by atoms with Gasteiger partial charge in [0, 0.05) is 61.4 Å². The van der Waals surface area contributed by atoms with Crippen molar-refractivity contribution in [3.63, 3.8) is 0 Å². The molecular formula is C28H56O17. The summed E-state index contributed by atoms with van der Waals surface area (Å²) in [6.07, 6.45) is 6.49. The van der Waals surface area contributed by atoms with Crippen molar-refractivity contribution in [3.05, 3.63) is 0 Å². The Bertz CT molecular complexity index is 608. The number of unbranched alkanes of at least 4 members (excludes halogenated alkanes) is 3. The van der Waals surface area contributed by atoms with Crippen LogP contribution in [-0.2, 0) is 38.3 Å². The molecule has 0 unspecified atom stereocenters. The molecule has 0 aromatic carbocycles. The number of carboxylic acid groups (broad SMARTS) is 6. The van der Waals surface area contributed by atoms with Gasteiger partial charge in [0.2, 0.25) is 0 Å². The van der Waals surface area contributed by atoms with E-state index in [-0.39, 0.29) is 25.8 Å². The van der Waals surface area contributed by atoms with E-state index in [4.69, 9.17) is 79.5 Å². The molecule has 0 bridgehead atoms. The van der Waals surface area contributed by atoms with Gasteiger partial charge in [0.25, 0.3) is 35.8 Å². The lowest BCUT2D eigenvalue weighted by molar-refractivity contribution is -0.157. The Balaban J connectivity index is -0.0000000967. The van der Waals surface area contributed by atoms with E-state index in [9.17, 15) is 4.79 Å². The first-order valence-corrected chi connectivity index (χ1v) is 13.7. The second-order valence-electron chi connectivity index (χ2n) is 8.66. The Labute approximate surface area is 264 Å². The highest BCUT2D eigenvalue weighted by Gasteiger charge is 2.38. The summed E-state index contributed by atoms with van der Waals surface area (Å²) in [7, 11) is 0. The van der Waals surface area contributed by atoms with E-state index < -0.39 is 41.2 Å². The van der Waals surface area contributed by atoms with Gasteiger partial charge in [0.1, 0.15) is 0 Å². The van der Waals surface area contributed by atoms with Crippen LogP contribution in [0.5, 0.6) is 0 Å². The summed E-state index contributed by atoms with van der Waals surface area (Å²) < 4.78 is 5.27. The fourth-order valence-corrected chi connectivity index (χ4v) is 2.69. The van der Waals surface area contributed by atoms with Gasteiger partial charge in [0.15, 0.2) is 0 Å². The van der Waals surface area contributed by atoms with Gasteiger partial charge in [-0.2, -0.15) is 0 Å². The number of esters is 1. The maximum absolute atomic E-state index is 12.4. The van der Waals surface area contributed by atoms with E-state index in [2.05, 4.69) is 0 Å². The van der Waals surface area contributed by atoms with Gasteiger partial charge in [0.05, 0.1) is 12.0 Å². The van der Waals surface area contributed by atoms with Crippen molar-refractivity contribution in [3.8, 4) is 0 Å². The number of carbonyl (C=O) groups is 7. The van der Waals surface area contributed by atoms with Gasteiger partial charge >= 0.3 is 5.97 Å². The van der Waals surface area contributed by atoms with Crippen molar-refractivity contribution in [2.24, 2.45) is 5.41 Å². The van der Waals surface area contributed by atoms with E-state index in [0.29, 0.717) is 45.1 Å². The first-order valence-electron chi connectivity index (χ1n) is 13.7. The summed E-state index contributed by atoms with van der Waals surface area (Å²) in [6, 6.07) is 0. The SMILES string of the molecule is CC(=O)O.CC(=O)O.CC(=O)O.CC(=O)O.CC(=O)O.CC(=O)O.CCOC(=O)C(CCCCO)(CCCCO)CCCCO. The monoisotopic (exact) mass is 664 g/mol. The third-order valence-electron chi connectivity index (χ3n) is 3.90. The molecule has 0 spiro atoms. The minimum absolute atomic E-state index is 0.131. The topological polar surface area (TPSA) is 311 Å². The number of rotatable bonds is 14. The summed E-state index contributed by atoms with van der Waals surface area (Å²) >= 11 is 0. The lowest BCUT2D eigenvalue weighted by atomic mass is 9.74. The normalized spacial score (nSPS) is 8.76. The highest BCUT2D eigenvalue weighted by molar-refractivity contribution is 5.76. The Hall–Kier alpha value is -3.83. The van der Waals surface area contributed by atoms with Crippen LogP contribution < -0.4 is 0 Å². The predicted octanol–water partition coefficient (Wildman–Crippen LogP) is 2.57. The van der Waals surface area contributed by atoms with Crippen LogP contribution in [0.15, 0.2) is 0 Å². The van der Waals surface area contributed by atoms with E-state index in [1.807, 2.05) is 0 Å². The molecule has 0 saturated carbocycles. The minimum Gasteiger partial charge on any atom is -0.481 e. The Morgan fingerprint density at radius 1 is 0.444 bits per heavy atom. The van der Waals surface area contributed by atoms with Crippen molar-refractivity contribution in [2.45, 2.75) is 106 Å². The summed E-state index contributed by atoms with van der Waals surface area (Å²) in [5.74, 6) is -5.17. The van der Waals surface area contributed by atoms with Crippen LogP contribution in [-0.4, -0.2) is 114 Å². The van der Waals surface area contributed by atoms with Gasteiger partial charge in [-0.3, -0.25) is 33.6 Å². The number of aliphatic hydroxyl groups is 3. The maximum atomic E-state index is 12.4. The second kappa shape index (κ2) is 44.6. The van der Waals surface area contributed by atoms with Crippen LogP contribution in [0.1, 0.15) is 106 Å². The van der Waals surface area contributed by atoms with Crippen LogP contribution in [0.4, 0.5) is 0 Å². The van der Waals surface area contributed by atoms with Gasteiger partial charge < -0.3 is 50.7 Å². The first-order chi connectivity index (χ1) is 20.6.